The number of methoxy groups -OCH3 is 2. The van der Waals surface area contributed by atoms with Gasteiger partial charge in [-0.3, -0.25) is 0 Å². The number of hydrogen-bond donors (Lipinski definition) is 1. The van der Waals surface area contributed by atoms with Gasteiger partial charge in [-0.2, -0.15) is 5.26 Å². The Morgan fingerprint density at radius 3 is 2.40 bits per heavy atom. The minimum atomic E-state index is 0.398. The fourth-order valence-electron chi connectivity index (χ4n) is 1.69. The molecule has 2 rings (SSSR count). The van der Waals surface area contributed by atoms with Gasteiger partial charge >= 0.3 is 0 Å². The Bertz CT molecular complexity index is 663. The van der Waals surface area contributed by atoms with E-state index in [1.165, 1.54) is 7.11 Å². The molecule has 0 fully saturated rings. The van der Waals surface area contributed by atoms with E-state index in [0.29, 0.717) is 34.2 Å². The maximum Gasteiger partial charge on any atom is 0.169 e. The van der Waals surface area contributed by atoms with Gasteiger partial charge in [-0.25, -0.2) is 0 Å². The number of hydrogen-bond acceptors (Lipinski definition) is 5. The molecule has 0 aliphatic heterocycles. The van der Waals surface area contributed by atoms with E-state index in [0.717, 1.165) is 0 Å². The minimum absolute atomic E-state index is 0.398. The van der Waals surface area contributed by atoms with Gasteiger partial charge in [0.15, 0.2) is 11.5 Å². The first-order chi connectivity index (χ1) is 9.67. The summed E-state index contributed by atoms with van der Waals surface area (Å²) in [5.41, 5.74) is 6.67. The lowest BCUT2D eigenvalue weighted by Crippen LogP contribution is -1.95. The van der Waals surface area contributed by atoms with Crippen molar-refractivity contribution < 1.29 is 14.2 Å². The van der Waals surface area contributed by atoms with Gasteiger partial charge < -0.3 is 19.9 Å². The van der Waals surface area contributed by atoms with Crippen LogP contribution in [0.5, 0.6) is 23.0 Å². The van der Waals surface area contributed by atoms with Crippen molar-refractivity contribution in [3.8, 4) is 29.1 Å². The molecular formula is C15H14N2O3. The van der Waals surface area contributed by atoms with E-state index >= 15 is 0 Å². The van der Waals surface area contributed by atoms with Crippen molar-refractivity contribution in [1.82, 2.24) is 0 Å². The summed E-state index contributed by atoms with van der Waals surface area (Å²) in [6.45, 7) is 0. The van der Waals surface area contributed by atoms with E-state index in [9.17, 15) is 0 Å². The van der Waals surface area contributed by atoms with Crippen LogP contribution in [0.2, 0.25) is 0 Å². The smallest absolute Gasteiger partial charge is 0.169 e. The zero-order valence-corrected chi connectivity index (χ0v) is 11.2. The number of nitriles is 1. The van der Waals surface area contributed by atoms with Crippen molar-refractivity contribution in [1.29, 1.82) is 5.26 Å². The lowest BCUT2D eigenvalue weighted by molar-refractivity contribution is 0.376. The highest BCUT2D eigenvalue weighted by Crippen LogP contribution is 2.35. The molecule has 102 valence electrons. The summed E-state index contributed by atoms with van der Waals surface area (Å²) in [5.74, 6) is 1.98. The van der Waals surface area contributed by atoms with Gasteiger partial charge in [0.2, 0.25) is 0 Å². The predicted octanol–water partition coefficient (Wildman–Crippen LogP) is 2.95. The second-order valence-electron chi connectivity index (χ2n) is 3.99. The maximum atomic E-state index is 9.11. The van der Waals surface area contributed by atoms with E-state index in [4.69, 9.17) is 25.2 Å². The molecule has 0 aromatic heterocycles. The van der Waals surface area contributed by atoms with Crippen molar-refractivity contribution in [3.05, 3.63) is 42.0 Å². The number of nitrogen functional groups attached to an aromatic ring is 1. The summed E-state index contributed by atoms with van der Waals surface area (Å²) < 4.78 is 16.1. The topological polar surface area (TPSA) is 77.5 Å². The molecule has 0 heterocycles. The van der Waals surface area contributed by atoms with E-state index in [2.05, 4.69) is 6.07 Å². The summed E-state index contributed by atoms with van der Waals surface area (Å²) in [5, 5.41) is 9.11. The van der Waals surface area contributed by atoms with Crippen molar-refractivity contribution in [2.75, 3.05) is 20.0 Å². The third kappa shape index (κ3) is 2.75. The van der Waals surface area contributed by atoms with Crippen LogP contribution in [-0.4, -0.2) is 14.2 Å². The molecule has 0 bridgehead atoms. The van der Waals surface area contributed by atoms with Gasteiger partial charge in [-0.05, 0) is 24.3 Å². The van der Waals surface area contributed by atoms with Gasteiger partial charge in [0, 0.05) is 17.8 Å². The number of nitrogens with two attached hydrogens (primary N) is 1. The maximum absolute atomic E-state index is 9.11. The molecule has 0 radical (unpaired) electrons. The molecule has 0 atom stereocenters. The van der Waals surface area contributed by atoms with E-state index < -0.39 is 0 Å². The molecule has 5 nitrogen and oxygen atoms in total. The normalized spacial score (nSPS) is 9.65. The average Bonchev–Trinajstić information content (AvgIpc) is 2.48. The Kier molecular flexibility index (Phi) is 3.96. The molecule has 20 heavy (non-hydrogen) atoms. The standard InChI is InChI=1S/C15H14N2O3/c1-18-12-5-3-10(9-16)14(8-12)20-13-6-4-11(17)7-15(13)19-2/h3-8H,17H2,1-2H3. The largest absolute Gasteiger partial charge is 0.497 e. The van der Waals surface area contributed by atoms with Crippen LogP contribution in [0, 0.1) is 11.3 Å². The Labute approximate surface area is 117 Å². The van der Waals surface area contributed by atoms with E-state index in [1.54, 1.807) is 43.5 Å². The van der Waals surface area contributed by atoms with Crippen molar-refractivity contribution in [2.24, 2.45) is 0 Å². The van der Waals surface area contributed by atoms with E-state index in [1.807, 2.05) is 0 Å². The van der Waals surface area contributed by atoms with Gasteiger partial charge in [0.05, 0.1) is 19.8 Å². The Morgan fingerprint density at radius 1 is 0.950 bits per heavy atom. The molecule has 0 amide bonds. The second-order valence-corrected chi connectivity index (χ2v) is 3.99. The highest BCUT2D eigenvalue weighted by atomic mass is 16.5. The van der Waals surface area contributed by atoms with Crippen molar-refractivity contribution >= 4 is 5.69 Å². The average molecular weight is 270 g/mol. The van der Waals surface area contributed by atoms with Gasteiger partial charge in [-0.1, -0.05) is 0 Å². The van der Waals surface area contributed by atoms with E-state index in [-0.39, 0.29) is 0 Å². The first-order valence-electron chi connectivity index (χ1n) is 5.87. The van der Waals surface area contributed by atoms with Crippen LogP contribution in [0.1, 0.15) is 5.56 Å². The third-order valence-electron chi connectivity index (χ3n) is 2.72. The Balaban J connectivity index is 2.41. The molecule has 2 aromatic carbocycles. The lowest BCUT2D eigenvalue weighted by atomic mass is 10.2. The summed E-state index contributed by atoms with van der Waals surface area (Å²) in [6, 6.07) is 12.1. The SMILES string of the molecule is COc1ccc(C#N)c(Oc2ccc(N)cc2OC)c1. The summed E-state index contributed by atoms with van der Waals surface area (Å²) in [4.78, 5) is 0. The molecule has 0 aliphatic carbocycles. The monoisotopic (exact) mass is 270 g/mol. The quantitative estimate of drug-likeness (QED) is 0.864. The fourth-order valence-corrected chi connectivity index (χ4v) is 1.69. The van der Waals surface area contributed by atoms with Gasteiger partial charge in [0.25, 0.3) is 0 Å². The lowest BCUT2D eigenvalue weighted by Gasteiger charge is -2.12. The first-order valence-corrected chi connectivity index (χ1v) is 5.87. The van der Waals surface area contributed by atoms with Crippen LogP contribution < -0.4 is 19.9 Å². The van der Waals surface area contributed by atoms with Crippen LogP contribution in [0.25, 0.3) is 0 Å². The highest BCUT2D eigenvalue weighted by Gasteiger charge is 2.10. The number of anilines is 1. The fraction of sp³-hybridized carbons (Fsp3) is 0.133. The molecule has 0 spiro atoms. The number of benzene rings is 2. The van der Waals surface area contributed by atoms with Crippen LogP contribution in [0.15, 0.2) is 36.4 Å². The van der Waals surface area contributed by atoms with Gasteiger partial charge in [-0.15, -0.1) is 0 Å². The van der Waals surface area contributed by atoms with Crippen LogP contribution in [0.4, 0.5) is 5.69 Å². The van der Waals surface area contributed by atoms with Crippen LogP contribution in [-0.2, 0) is 0 Å². The van der Waals surface area contributed by atoms with Crippen LogP contribution in [0.3, 0.4) is 0 Å². The highest BCUT2D eigenvalue weighted by molar-refractivity contribution is 5.55. The summed E-state index contributed by atoms with van der Waals surface area (Å²) >= 11 is 0. The summed E-state index contributed by atoms with van der Waals surface area (Å²) in [7, 11) is 3.08. The van der Waals surface area contributed by atoms with Crippen molar-refractivity contribution in [3.63, 3.8) is 0 Å². The zero-order valence-electron chi connectivity index (χ0n) is 11.2. The molecule has 0 aliphatic rings. The molecule has 2 N–H and O–H groups in total. The number of rotatable bonds is 4. The molecule has 0 unspecified atom stereocenters. The summed E-state index contributed by atoms with van der Waals surface area (Å²) in [6.07, 6.45) is 0. The number of nitrogens with zero attached hydrogens (tertiary/aromatic N) is 1. The van der Waals surface area contributed by atoms with Crippen LogP contribution >= 0.6 is 0 Å². The third-order valence-corrected chi connectivity index (χ3v) is 2.72. The first kappa shape index (κ1) is 13.6. The Morgan fingerprint density at radius 2 is 1.75 bits per heavy atom. The molecule has 2 aromatic rings. The molecule has 0 saturated carbocycles. The molecule has 5 heteroatoms. The Hall–Kier alpha value is -2.87. The number of ether oxygens (including phenoxy) is 3. The molecule has 0 saturated heterocycles. The molecular weight excluding hydrogens is 256 g/mol. The minimum Gasteiger partial charge on any atom is -0.497 e. The van der Waals surface area contributed by atoms with Gasteiger partial charge in [0.1, 0.15) is 17.6 Å². The zero-order chi connectivity index (χ0) is 14.5. The van der Waals surface area contributed by atoms with Crippen molar-refractivity contribution in [2.45, 2.75) is 0 Å². The predicted molar refractivity (Wildman–Crippen MR) is 75.2 cm³/mol. The second kappa shape index (κ2) is 5.85.